The SMILES string of the molecule is CN1Cc2ccccc2-c2ccccc21.CN1Cc2ccccc2Cc2ccccc21.CN1c2ccccc2C=Cc2ccccc21.CN1c2ccccc2CCc2ccccc21.CN1c2ccccc2Cc2ccccc21. The Bertz CT molecular complexity index is 3580. The first-order valence-corrected chi connectivity index (χ1v) is 27.4. The summed E-state index contributed by atoms with van der Waals surface area (Å²) in [6.07, 6.45) is 8.73. The van der Waals surface area contributed by atoms with Crippen molar-refractivity contribution in [3.05, 3.63) is 298 Å². The monoisotopic (exact) mass is 1020 g/mol. The van der Waals surface area contributed by atoms with Crippen LogP contribution in [0.5, 0.6) is 0 Å². The van der Waals surface area contributed by atoms with E-state index in [0.29, 0.717) is 0 Å². The normalized spacial score (nSPS) is 13.5. The van der Waals surface area contributed by atoms with E-state index in [4.69, 9.17) is 0 Å². The lowest BCUT2D eigenvalue weighted by atomic mass is 9.94. The summed E-state index contributed by atoms with van der Waals surface area (Å²) in [5, 5.41) is 0. The van der Waals surface area contributed by atoms with Gasteiger partial charge in [-0.1, -0.05) is 206 Å². The molecule has 0 aromatic heterocycles. The minimum atomic E-state index is 1.01. The van der Waals surface area contributed by atoms with Gasteiger partial charge in [-0.15, -0.1) is 0 Å². The van der Waals surface area contributed by atoms with Crippen molar-refractivity contribution in [2.45, 2.75) is 38.8 Å². The minimum Gasteiger partial charge on any atom is -0.370 e. The van der Waals surface area contributed by atoms with Crippen LogP contribution in [0.3, 0.4) is 0 Å². The summed E-state index contributed by atoms with van der Waals surface area (Å²) in [6, 6.07) is 86.1. The first-order chi connectivity index (χ1) is 38.3. The molecule has 0 amide bonds. The van der Waals surface area contributed by atoms with E-state index >= 15 is 0 Å². The molecule has 10 aromatic rings. The Morgan fingerprint density at radius 3 is 1.04 bits per heavy atom. The molecule has 0 N–H and O–H groups in total. The number of benzene rings is 10. The number of rotatable bonds is 0. The Morgan fingerprint density at radius 1 is 0.231 bits per heavy atom. The molecule has 78 heavy (non-hydrogen) atoms. The number of hydrogen-bond acceptors (Lipinski definition) is 5. The molecule has 5 aliphatic heterocycles. The fourth-order valence-corrected chi connectivity index (χ4v) is 11.7. The van der Waals surface area contributed by atoms with Gasteiger partial charge in [-0.25, -0.2) is 0 Å². The summed E-state index contributed by atoms with van der Waals surface area (Å²) in [6.45, 7) is 2.01. The van der Waals surface area contributed by atoms with Gasteiger partial charge in [0.05, 0.1) is 0 Å². The summed E-state index contributed by atoms with van der Waals surface area (Å²) in [5.41, 5.74) is 27.3. The topological polar surface area (TPSA) is 16.2 Å². The van der Waals surface area contributed by atoms with Crippen LogP contribution in [0.25, 0.3) is 23.3 Å². The third-order valence-corrected chi connectivity index (χ3v) is 15.8. The van der Waals surface area contributed by atoms with Crippen LogP contribution < -0.4 is 24.5 Å². The number of hydrogen-bond donors (Lipinski definition) is 0. The number of aryl methyl sites for hydroxylation is 2. The molecule has 15 rings (SSSR count). The van der Waals surface area contributed by atoms with Gasteiger partial charge in [0.2, 0.25) is 0 Å². The van der Waals surface area contributed by atoms with E-state index in [1.54, 1.807) is 0 Å². The molecule has 0 spiro atoms. The molecule has 0 fully saturated rings. The van der Waals surface area contributed by atoms with E-state index in [1.165, 1.54) is 112 Å². The molecule has 0 atom stereocenters. The highest BCUT2D eigenvalue weighted by Gasteiger charge is 2.21. The van der Waals surface area contributed by atoms with Crippen LogP contribution in [0.1, 0.15) is 55.6 Å². The molecule has 386 valence electrons. The van der Waals surface area contributed by atoms with Crippen LogP contribution in [0, 0.1) is 0 Å². The molecule has 5 nitrogen and oxygen atoms in total. The van der Waals surface area contributed by atoms with Crippen LogP contribution in [0.15, 0.2) is 243 Å². The van der Waals surface area contributed by atoms with Crippen molar-refractivity contribution in [2.24, 2.45) is 0 Å². The van der Waals surface area contributed by atoms with E-state index in [1.807, 2.05) is 0 Å². The first kappa shape index (κ1) is 51.1. The summed E-state index contributed by atoms with van der Waals surface area (Å²) in [4.78, 5) is 11.5. The quantitative estimate of drug-likeness (QED) is 0.150. The third kappa shape index (κ3) is 11.0. The number of para-hydroxylation sites is 8. The highest BCUT2D eigenvalue weighted by Crippen LogP contribution is 2.40. The van der Waals surface area contributed by atoms with Gasteiger partial charge in [-0.3, -0.25) is 0 Å². The lowest BCUT2D eigenvalue weighted by Crippen LogP contribution is -2.21. The van der Waals surface area contributed by atoms with E-state index in [2.05, 4.69) is 315 Å². The van der Waals surface area contributed by atoms with E-state index in [0.717, 1.165) is 38.8 Å². The maximum Gasteiger partial charge on any atom is 0.0481 e. The van der Waals surface area contributed by atoms with Gasteiger partial charge in [0.15, 0.2) is 0 Å². The molecule has 10 aromatic carbocycles. The van der Waals surface area contributed by atoms with Gasteiger partial charge in [0.1, 0.15) is 0 Å². The zero-order valence-corrected chi connectivity index (χ0v) is 45.7. The van der Waals surface area contributed by atoms with Gasteiger partial charge in [-0.05, 0) is 129 Å². The highest BCUT2D eigenvalue weighted by molar-refractivity contribution is 5.88. The molecule has 0 bridgehead atoms. The van der Waals surface area contributed by atoms with E-state index in [9.17, 15) is 0 Å². The fourth-order valence-electron chi connectivity index (χ4n) is 11.7. The third-order valence-electron chi connectivity index (χ3n) is 15.8. The van der Waals surface area contributed by atoms with Crippen LogP contribution in [0.4, 0.5) is 45.5 Å². The second-order valence-corrected chi connectivity index (χ2v) is 20.8. The Kier molecular flexibility index (Phi) is 15.4. The van der Waals surface area contributed by atoms with Crippen molar-refractivity contribution >= 4 is 57.7 Å². The van der Waals surface area contributed by atoms with Crippen molar-refractivity contribution in [3.8, 4) is 11.1 Å². The molecular weight excluding hydrogens is 947 g/mol. The van der Waals surface area contributed by atoms with Crippen LogP contribution in [-0.4, -0.2) is 35.2 Å². The van der Waals surface area contributed by atoms with E-state index in [-0.39, 0.29) is 0 Å². The highest BCUT2D eigenvalue weighted by atomic mass is 15.1. The molecule has 5 heteroatoms. The van der Waals surface area contributed by atoms with Crippen molar-refractivity contribution in [1.29, 1.82) is 0 Å². The second-order valence-electron chi connectivity index (χ2n) is 20.8. The number of fused-ring (bicyclic) bond motifs is 11. The molecule has 0 saturated carbocycles. The molecule has 0 aliphatic carbocycles. The second kappa shape index (κ2) is 23.5. The van der Waals surface area contributed by atoms with Gasteiger partial charge in [-0.2, -0.15) is 0 Å². The van der Waals surface area contributed by atoms with Gasteiger partial charge >= 0.3 is 0 Å². The first-order valence-electron chi connectivity index (χ1n) is 27.4. The van der Waals surface area contributed by atoms with Crippen molar-refractivity contribution in [1.82, 2.24) is 0 Å². The Morgan fingerprint density at radius 2 is 0.526 bits per heavy atom. The van der Waals surface area contributed by atoms with Gasteiger partial charge in [0, 0.05) is 106 Å². The lowest BCUT2D eigenvalue weighted by molar-refractivity contribution is 0.911. The zero-order chi connectivity index (χ0) is 53.4. The Balaban J connectivity index is 0.000000103. The average molecular weight is 1020 g/mol. The Labute approximate surface area is 463 Å². The van der Waals surface area contributed by atoms with Crippen LogP contribution in [-0.2, 0) is 38.8 Å². The molecule has 0 unspecified atom stereocenters. The van der Waals surface area contributed by atoms with Gasteiger partial charge < -0.3 is 24.5 Å². The average Bonchev–Trinajstić information content (AvgIpc) is 3.86. The maximum absolute atomic E-state index is 2.33. The van der Waals surface area contributed by atoms with Crippen molar-refractivity contribution < 1.29 is 0 Å². The van der Waals surface area contributed by atoms with Crippen molar-refractivity contribution in [2.75, 3.05) is 59.7 Å². The number of anilines is 8. The van der Waals surface area contributed by atoms with E-state index < -0.39 is 0 Å². The largest absolute Gasteiger partial charge is 0.370 e. The summed E-state index contributed by atoms with van der Waals surface area (Å²) < 4.78 is 0. The molecule has 0 saturated heterocycles. The van der Waals surface area contributed by atoms with Gasteiger partial charge in [0.25, 0.3) is 0 Å². The van der Waals surface area contributed by atoms with Crippen LogP contribution in [0.2, 0.25) is 0 Å². The smallest absolute Gasteiger partial charge is 0.0481 e. The summed E-state index contributed by atoms with van der Waals surface area (Å²) in [7, 11) is 10.7. The molecule has 5 heterocycles. The zero-order valence-electron chi connectivity index (χ0n) is 45.7. The Hall–Kier alpha value is -9.06. The standard InChI is InChI=1S/C15H15N.C15H13N.C15H15N.2C14H13N/c2*1-16-14-8-4-2-6-12(14)10-11-13-7-3-5-9-15(13)16;1-16-11-14-8-3-2-6-12(14)10-13-7-4-5-9-15(13)16;1-15-13-8-4-2-6-11(13)10-12-7-3-5-9-14(12)15;1-15-10-11-6-2-3-7-12(11)13-8-4-5-9-14(13)15/h2-9H,10-11H2,1H3;2-11H,1H3;2-9H,10-11H2,1H3;2*2-9H,10H2,1H3. The fraction of sp³-hybridized carbons (Fsp3) is 0.151. The summed E-state index contributed by atoms with van der Waals surface area (Å²) in [5.74, 6) is 0. The maximum atomic E-state index is 2.33. The summed E-state index contributed by atoms with van der Waals surface area (Å²) >= 11 is 0. The minimum absolute atomic E-state index is 1.01. The molecular formula is C73H69N5. The lowest BCUT2D eigenvalue weighted by Gasteiger charge is -2.29. The predicted octanol–water partition coefficient (Wildman–Crippen LogP) is 17.4. The molecule has 0 radical (unpaired) electrons. The molecule has 5 aliphatic rings. The number of nitrogens with zero attached hydrogens (tertiary/aromatic N) is 5. The van der Waals surface area contributed by atoms with Crippen molar-refractivity contribution in [3.63, 3.8) is 0 Å². The van der Waals surface area contributed by atoms with Crippen LogP contribution >= 0.6 is 0 Å². The predicted molar refractivity (Wildman–Crippen MR) is 334 cm³/mol.